The van der Waals surface area contributed by atoms with E-state index in [0.717, 1.165) is 5.56 Å². The molecule has 38 nitrogen and oxygen atoms in total. The molecule has 0 spiro atoms. The van der Waals surface area contributed by atoms with Crippen LogP contribution in [-0.4, -0.2) is 295 Å². The van der Waals surface area contributed by atoms with E-state index in [1.165, 1.54) is 57.5 Å². The summed E-state index contributed by atoms with van der Waals surface area (Å²) in [7, 11) is -2.42. The van der Waals surface area contributed by atoms with Gasteiger partial charge in [-0.05, 0) is 61.1 Å². The molecule has 7 rings (SSSR count). The first-order chi connectivity index (χ1) is 53.8. The van der Waals surface area contributed by atoms with Gasteiger partial charge in [-0.15, -0.1) is 11.6 Å². The number of H-pyrrole nitrogens is 2. The van der Waals surface area contributed by atoms with Crippen LogP contribution in [0.3, 0.4) is 0 Å². The zero-order chi connectivity index (χ0) is 79.8. The largest absolute Gasteiger partial charge is 0.536 e. The van der Waals surface area contributed by atoms with Crippen LogP contribution in [0.1, 0.15) is 63.7 Å². The Kier molecular flexibility index (Phi) is 40.7. The molecule has 0 aliphatic carbocycles. The fourth-order valence-electron chi connectivity index (χ4n) is 11.6. The molecule has 111 heavy (non-hydrogen) atoms. The number of amides is 5. The van der Waals surface area contributed by atoms with Gasteiger partial charge < -0.3 is 126 Å². The second-order valence-electron chi connectivity index (χ2n) is 24.4. The number of rotatable bonds is 61. The van der Waals surface area contributed by atoms with Crippen LogP contribution in [0.2, 0.25) is 0 Å². The topological polar surface area (TPSA) is 454 Å². The highest BCUT2D eigenvalue weighted by atomic mass is 35.5. The van der Waals surface area contributed by atoms with Crippen molar-refractivity contribution in [1.29, 1.82) is 0 Å². The van der Waals surface area contributed by atoms with E-state index in [0.29, 0.717) is 197 Å². The molecule has 5 aromatic rings. The Morgan fingerprint density at radius 3 is 1.57 bits per heavy atom. The number of ether oxygens (including phenoxy) is 17. The number of benzene rings is 3. The first-order valence-electron chi connectivity index (χ1n) is 36.0. The van der Waals surface area contributed by atoms with Crippen LogP contribution in [0.15, 0.2) is 36.4 Å². The minimum absolute atomic E-state index is 0.0265. The Balaban J connectivity index is 0.777. The number of nitrogens with one attached hydrogen (secondary N) is 5. The summed E-state index contributed by atoms with van der Waals surface area (Å²) in [6.07, 6.45) is 1.31. The van der Waals surface area contributed by atoms with Crippen molar-refractivity contribution in [3.8, 4) is 34.5 Å². The van der Waals surface area contributed by atoms with Crippen LogP contribution in [0.25, 0.3) is 21.8 Å². The number of carbonyl (C=O) groups is 5. The number of nitrogens with zero attached hydrogens (tertiary/aromatic N) is 2. The number of phosphoric acid groups is 2. The van der Waals surface area contributed by atoms with E-state index in [2.05, 4.69) is 30.8 Å². The molecule has 622 valence electrons. The molecule has 3 aromatic carbocycles. The summed E-state index contributed by atoms with van der Waals surface area (Å²) in [5.74, 6) is 2.71. The van der Waals surface area contributed by atoms with Crippen molar-refractivity contribution in [3.05, 3.63) is 58.9 Å². The molecule has 0 radical (unpaired) electrons. The smallest absolute Gasteiger partial charge is 0.493 e. The molecule has 5 amide bonds. The molecule has 0 saturated carbocycles. The van der Waals surface area contributed by atoms with Gasteiger partial charge in [0.2, 0.25) is 23.5 Å². The second kappa shape index (κ2) is 49.5. The zero-order valence-corrected chi connectivity index (χ0v) is 66.0. The van der Waals surface area contributed by atoms with Crippen LogP contribution >= 0.6 is 27.2 Å². The van der Waals surface area contributed by atoms with Gasteiger partial charge in [-0.25, -0.2) is 15.0 Å². The Labute approximate surface area is 647 Å². The van der Waals surface area contributed by atoms with Gasteiger partial charge in [0, 0.05) is 74.4 Å². The van der Waals surface area contributed by atoms with Gasteiger partial charge in [0.25, 0.3) is 11.8 Å². The van der Waals surface area contributed by atoms with Crippen molar-refractivity contribution in [2.45, 2.75) is 44.1 Å². The Hall–Kier alpha value is -7.08. The van der Waals surface area contributed by atoms with Gasteiger partial charge in [-0.1, -0.05) is 0 Å². The number of methoxy groups -OCH3 is 6. The molecule has 4 heterocycles. The zero-order valence-electron chi connectivity index (χ0n) is 63.4. The van der Waals surface area contributed by atoms with Gasteiger partial charge in [0.1, 0.15) is 24.0 Å². The van der Waals surface area contributed by atoms with Gasteiger partial charge >= 0.3 is 15.6 Å². The highest BCUT2D eigenvalue weighted by Gasteiger charge is 2.42. The molecule has 2 aromatic heterocycles. The average Bonchev–Trinajstić information content (AvgIpc) is 1.57. The summed E-state index contributed by atoms with van der Waals surface area (Å²) in [6, 6.07) is 8.21. The summed E-state index contributed by atoms with van der Waals surface area (Å²) < 4.78 is 136. The molecule has 9 N–H and O–H groups in total. The molecule has 3 unspecified atom stereocenters. The number of anilines is 2. The number of hydrogen-bond donors (Lipinski definition) is 8. The van der Waals surface area contributed by atoms with Crippen LogP contribution in [-0.2, 0) is 100 Å². The predicted octanol–water partition coefficient (Wildman–Crippen LogP) is 4.49. The maximum Gasteiger partial charge on any atom is 0.536 e. The number of carbonyl (C=O) groups excluding carboxylic acids is 5. The van der Waals surface area contributed by atoms with E-state index in [4.69, 9.17) is 111 Å². The minimum Gasteiger partial charge on any atom is -0.493 e. The number of aromatic nitrogens is 2. The van der Waals surface area contributed by atoms with E-state index in [-0.39, 0.29) is 97.0 Å². The average molecular weight is 1640 g/mol. The van der Waals surface area contributed by atoms with Crippen molar-refractivity contribution >= 4 is 90.0 Å². The quantitative estimate of drug-likeness (QED) is 0.0115. The summed E-state index contributed by atoms with van der Waals surface area (Å²) in [5, 5.41) is 8.49. The van der Waals surface area contributed by atoms with E-state index in [9.17, 15) is 42.9 Å². The number of nitrogens with two attached hydrogens (primary N) is 1. The number of phosphoric ester groups is 2. The molecule has 2 aliphatic rings. The summed E-state index contributed by atoms with van der Waals surface area (Å²) in [6.45, 7) is 8.35. The summed E-state index contributed by atoms with van der Waals surface area (Å²) >= 11 is 6.66. The number of halogens is 1. The van der Waals surface area contributed by atoms with E-state index >= 15 is 0 Å². The van der Waals surface area contributed by atoms with Crippen LogP contribution < -0.4 is 59.9 Å². The molecule has 0 bridgehead atoms. The lowest BCUT2D eigenvalue weighted by atomic mass is 9.98. The first kappa shape index (κ1) is 91.1. The fourth-order valence-corrected chi connectivity index (χ4v) is 14.0. The van der Waals surface area contributed by atoms with Crippen LogP contribution in [0.5, 0.6) is 34.5 Å². The molecular weight excluding hydrogens is 1530 g/mol. The third-order valence-corrected chi connectivity index (χ3v) is 19.8. The van der Waals surface area contributed by atoms with E-state index in [1.807, 2.05) is 0 Å². The van der Waals surface area contributed by atoms with Gasteiger partial charge in [-0.2, -0.15) is 4.31 Å². The monoisotopic (exact) mass is 1630 g/mol. The lowest BCUT2D eigenvalue weighted by Crippen LogP contribution is -2.48. The Morgan fingerprint density at radius 1 is 0.541 bits per heavy atom. The fraction of sp³-hybridized carbons (Fsp3) is 0.614. The number of unbranched alkanes of at least 4 members (excludes halogenated alkanes) is 1. The van der Waals surface area contributed by atoms with Crippen LogP contribution in [0.4, 0.5) is 11.4 Å². The summed E-state index contributed by atoms with van der Waals surface area (Å²) in [4.78, 5) is 103. The van der Waals surface area contributed by atoms with Crippen molar-refractivity contribution in [1.82, 2.24) is 25.9 Å². The van der Waals surface area contributed by atoms with Crippen molar-refractivity contribution in [2.75, 3.05) is 250 Å². The minimum atomic E-state index is -5.75. The number of hydrogen-bond acceptors (Lipinski definition) is 29. The van der Waals surface area contributed by atoms with Gasteiger partial charge in [0.05, 0.1) is 217 Å². The maximum atomic E-state index is 14.8. The highest BCUT2D eigenvalue weighted by molar-refractivity contribution is 7.61. The predicted molar refractivity (Wildman–Crippen MR) is 401 cm³/mol. The van der Waals surface area contributed by atoms with E-state index < -0.39 is 76.7 Å². The molecule has 0 saturated heterocycles. The lowest BCUT2D eigenvalue weighted by molar-refractivity contribution is -0.131. The standard InChI is InChI=1S/C70H105ClN8O30P2/c1-89-17-18-96-21-22-98-25-26-100-29-30-102-33-34-104-37-38-105-36-35-103-32-31-101-28-27-99-24-23-97-20-19-95-15-11-61(80)73-12-8-7-9-52(75-62(81)47-106-72)68(82)74-13-16-107-110(85,86)109-111(87,88)108-59-44-56-63(51-42-54(77-65(51)59)69(83)78-14-10-48-40-57(90-2)58(91-3)43-55(48)78)50(45-71)46-79(56)70(84)53-39-49-41-60(92-4)66(93-5)67(94-6)64(49)76-53/h39-44,50,52,76-77H,7-38,45-47,72H2,1-6H3,(H,73,80)(H,74,82)(H,75,81)(H,85,86)(H,87,88)/t50-,52?/m1/s1. The van der Waals surface area contributed by atoms with Crippen molar-refractivity contribution in [3.63, 3.8) is 0 Å². The first-order valence-corrected chi connectivity index (χ1v) is 39.5. The Morgan fingerprint density at radius 2 is 1.05 bits per heavy atom. The normalized spacial score (nSPS) is 14.6. The van der Waals surface area contributed by atoms with Crippen molar-refractivity contribution in [2.24, 2.45) is 5.90 Å². The number of alkyl halides is 1. The lowest BCUT2D eigenvalue weighted by Gasteiger charge is -2.20. The van der Waals surface area contributed by atoms with Crippen molar-refractivity contribution < 1.29 is 142 Å². The molecule has 41 heteroatoms. The maximum absolute atomic E-state index is 14.8. The van der Waals surface area contributed by atoms with Gasteiger partial charge in [-0.3, -0.25) is 38.2 Å². The Bertz CT molecular complexity index is 3800. The number of aromatic amines is 2. The second-order valence-corrected chi connectivity index (χ2v) is 27.6. The highest BCUT2D eigenvalue weighted by Crippen LogP contribution is 2.61. The van der Waals surface area contributed by atoms with Gasteiger partial charge in [0.15, 0.2) is 28.7 Å². The van der Waals surface area contributed by atoms with Crippen LogP contribution in [0, 0.1) is 0 Å². The third kappa shape index (κ3) is 29.4. The number of fused-ring (bicyclic) bond motifs is 5. The molecule has 0 fully saturated rings. The third-order valence-electron chi connectivity index (χ3n) is 16.8. The molecular formula is C70H105ClN8O30P2. The van der Waals surface area contributed by atoms with E-state index in [1.54, 1.807) is 31.4 Å². The molecule has 4 atom stereocenters. The molecule has 2 aliphatic heterocycles. The SMILES string of the molecule is COCCOCCOCCOCCOCCOCCOCCOCCOCCOCCOCCOCCC(=O)NCCCCC(NC(=O)CON)C(=O)NCCOP(=O)(O)OP(=O)(O)Oc1cc2c(c3cc(C(=O)N4CCc5cc(OC)c(OC)cc54)[nH]c13)[C@H](CCl)CN2C(=O)c1cc2cc(OC)c(OC)c(OC)c2[nH]1. The summed E-state index contributed by atoms with van der Waals surface area (Å²) in [5.41, 5.74) is 2.30.